The van der Waals surface area contributed by atoms with Gasteiger partial charge in [0.15, 0.2) is 0 Å². The molecule has 3 N–H and O–H groups in total. The van der Waals surface area contributed by atoms with Crippen LogP contribution < -0.4 is 11.3 Å². The minimum absolute atomic E-state index is 0.0781. The number of hydrogen-bond acceptors (Lipinski definition) is 7. The average Bonchev–Trinajstić information content (AvgIpc) is 3.12. The monoisotopic (exact) mass is 359 g/mol. The minimum atomic E-state index is -0.0781. The van der Waals surface area contributed by atoms with Crippen LogP contribution in [0.4, 0.5) is 0 Å². The molecule has 3 aromatic rings. The van der Waals surface area contributed by atoms with Gasteiger partial charge in [-0.15, -0.1) is 21.5 Å². The van der Waals surface area contributed by atoms with Crippen LogP contribution in [-0.4, -0.2) is 42.7 Å². The Kier molecular flexibility index (Phi) is 4.14. The summed E-state index contributed by atoms with van der Waals surface area (Å²) < 4.78 is 2.73. The summed E-state index contributed by atoms with van der Waals surface area (Å²) >= 11 is 1.41. The van der Waals surface area contributed by atoms with Gasteiger partial charge in [-0.2, -0.15) is 0 Å². The fourth-order valence-corrected chi connectivity index (χ4v) is 4.02. The number of thiophene rings is 1. The van der Waals surface area contributed by atoms with Crippen molar-refractivity contribution in [2.75, 3.05) is 7.05 Å². The number of aromatic nitrogens is 5. The van der Waals surface area contributed by atoms with Crippen molar-refractivity contribution < 1.29 is 0 Å². The molecule has 1 aliphatic carbocycles. The zero-order valence-corrected chi connectivity index (χ0v) is 15.1. The van der Waals surface area contributed by atoms with Gasteiger partial charge < -0.3 is 15.3 Å². The molecule has 0 saturated heterocycles. The van der Waals surface area contributed by atoms with E-state index in [1.165, 1.54) is 11.3 Å². The number of nitrogens with two attached hydrogens (primary N) is 1. The molecule has 0 unspecified atom stereocenters. The molecule has 3 heterocycles. The van der Waals surface area contributed by atoms with Crippen molar-refractivity contribution >= 4 is 21.6 Å². The third kappa shape index (κ3) is 3.10. The molecule has 132 valence electrons. The summed E-state index contributed by atoms with van der Waals surface area (Å²) in [6, 6.07) is 2.17. The van der Waals surface area contributed by atoms with E-state index in [0.29, 0.717) is 35.6 Å². The first kappa shape index (κ1) is 16.4. The van der Waals surface area contributed by atoms with Crippen LogP contribution in [0.25, 0.3) is 10.2 Å². The highest BCUT2D eigenvalue weighted by molar-refractivity contribution is 7.17. The maximum Gasteiger partial charge on any atom is 0.268 e. The molecule has 4 rings (SSSR count). The summed E-state index contributed by atoms with van der Waals surface area (Å²) in [4.78, 5) is 21.5. The Balaban J connectivity index is 1.46. The van der Waals surface area contributed by atoms with E-state index >= 15 is 0 Å². The first-order valence-corrected chi connectivity index (χ1v) is 9.18. The fourth-order valence-electron chi connectivity index (χ4n) is 3.29. The van der Waals surface area contributed by atoms with E-state index in [1.807, 2.05) is 25.5 Å². The Bertz CT molecular complexity index is 953. The van der Waals surface area contributed by atoms with Crippen molar-refractivity contribution in [1.82, 2.24) is 29.6 Å². The van der Waals surface area contributed by atoms with Crippen LogP contribution in [0.3, 0.4) is 0 Å². The summed E-state index contributed by atoms with van der Waals surface area (Å²) in [5.41, 5.74) is 6.54. The van der Waals surface area contributed by atoms with Gasteiger partial charge in [-0.3, -0.25) is 9.69 Å². The largest absolute Gasteiger partial charge is 0.328 e. The Hall–Kier alpha value is -2.10. The number of H-pyrrole nitrogens is 1. The lowest BCUT2D eigenvalue weighted by atomic mass is 9.80. The van der Waals surface area contributed by atoms with Crippen molar-refractivity contribution in [2.45, 2.75) is 37.9 Å². The molecule has 1 saturated carbocycles. The molecule has 0 atom stereocenters. The van der Waals surface area contributed by atoms with E-state index in [9.17, 15) is 4.79 Å². The molecule has 0 bridgehead atoms. The van der Waals surface area contributed by atoms with Crippen molar-refractivity contribution in [3.63, 3.8) is 0 Å². The fraction of sp³-hybridized carbons (Fsp3) is 0.500. The Morgan fingerprint density at radius 1 is 1.40 bits per heavy atom. The molecule has 0 aliphatic heterocycles. The van der Waals surface area contributed by atoms with Gasteiger partial charge in [-0.1, -0.05) is 0 Å². The smallest absolute Gasteiger partial charge is 0.268 e. The van der Waals surface area contributed by atoms with Crippen LogP contribution in [-0.2, 0) is 20.1 Å². The first-order chi connectivity index (χ1) is 12.0. The third-order valence-electron chi connectivity index (χ3n) is 4.73. The average molecular weight is 359 g/mol. The second-order valence-electron chi connectivity index (χ2n) is 6.78. The minimum Gasteiger partial charge on any atom is -0.328 e. The van der Waals surface area contributed by atoms with Crippen LogP contribution in [0.5, 0.6) is 0 Å². The number of nitrogens with one attached hydrogen (secondary N) is 1. The van der Waals surface area contributed by atoms with E-state index in [1.54, 1.807) is 0 Å². The molecule has 0 radical (unpaired) electrons. The summed E-state index contributed by atoms with van der Waals surface area (Å²) in [6.07, 6.45) is 1.96. The van der Waals surface area contributed by atoms with Crippen LogP contribution in [0, 0.1) is 0 Å². The number of fused-ring (bicyclic) bond motifs is 1. The summed E-state index contributed by atoms with van der Waals surface area (Å²) in [5.74, 6) is 2.99. The van der Waals surface area contributed by atoms with E-state index in [4.69, 9.17) is 5.73 Å². The third-order valence-corrected chi connectivity index (χ3v) is 5.64. The summed E-state index contributed by atoms with van der Waals surface area (Å²) in [5, 5.41) is 10.5. The zero-order valence-electron chi connectivity index (χ0n) is 14.3. The van der Waals surface area contributed by atoms with Crippen molar-refractivity contribution in [1.29, 1.82) is 0 Å². The van der Waals surface area contributed by atoms with Crippen LogP contribution in [0.2, 0.25) is 0 Å². The molecule has 0 aromatic carbocycles. The van der Waals surface area contributed by atoms with Gasteiger partial charge in [0, 0.05) is 19.0 Å². The SMILES string of the molecule is CN(Cc1nc2ccsc2c(=O)[nH]1)Cc1nnc(C2CC(N)C2)n1C. The summed E-state index contributed by atoms with van der Waals surface area (Å²) in [6.45, 7) is 1.17. The lowest BCUT2D eigenvalue weighted by Crippen LogP contribution is -2.36. The first-order valence-electron chi connectivity index (χ1n) is 8.30. The second kappa shape index (κ2) is 6.32. The molecule has 25 heavy (non-hydrogen) atoms. The van der Waals surface area contributed by atoms with Crippen molar-refractivity contribution in [2.24, 2.45) is 12.8 Å². The van der Waals surface area contributed by atoms with Crippen LogP contribution in [0.15, 0.2) is 16.2 Å². The number of rotatable bonds is 5. The van der Waals surface area contributed by atoms with E-state index in [2.05, 4.69) is 29.6 Å². The number of hydrogen-bond donors (Lipinski definition) is 2. The molecule has 3 aromatic heterocycles. The van der Waals surface area contributed by atoms with E-state index in [0.717, 1.165) is 30.0 Å². The van der Waals surface area contributed by atoms with Gasteiger partial charge in [-0.05, 0) is 31.3 Å². The van der Waals surface area contributed by atoms with Crippen LogP contribution in [0.1, 0.15) is 36.2 Å². The Morgan fingerprint density at radius 2 is 2.20 bits per heavy atom. The van der Waals surface area contributed by atoms with Gasteiger partial charge in [0.1, 0.15) is 22.2 Å². The normalized spacial score (nSPS) is 20.3. The molecule has 0 spiro atoms. The molecular formula is C16H21N7OS. The maximum absolute atomic E-state index is 12.1. The molecule has 8 nitrogen and oxygen atoms in total. The predicted molar refractivity (Wildman–Crippen MR) is 96.4 cm³/mol. The van der Waals surface area contributed by atoms with Gasteiger partial charge in [0.05, 0.1) is 18.6 Å². The number of aromatic amines is 1. The number of nitrogens with zero attached hydrogens (tertiary/aromatic N) is 5. The van der Waals surface area contributed by atoms with Gasteiger partial charge in [-0.25, -0.2) is 4.98 Å². The standard InChI is InChI=1S/C16H21N7OS/c1-22(7-12-18-11-3-4-25-14(11)16(24)19-12)8-13-20-21-15(23(13)2)9-5-10(17)6-9/h3-4,9-10H,5-8,17H2,1-2H3,(H,18,19,24). The molecular weight excluding hydrogens is 338 g/mol. The lowest BCUT2D eigenvalue weighted by molar-refractivity contribution is 0.296. The highest BCUT2D eigenvalue weighted by Gasteiger charge is 2.31. The highest BCUT2D eigenvalue weighted by Crippen LogP contribution is 2.34. The van der Waals surface area contributed by atoms with Gasteiger partial charge >= 0.3 is 0 Å². The van der Waals surface area contributed by atoms with E-state index in [-0.39, 0.29) is 5.56 Å². The lowest BCUT2D eigenvalue weighted by Gasteiger charge is -2.31. The molecule has 0 amide bonds. The topological polar surface area (TPSA) is 106 Å². The van der Waals surface area contributed by atoms with E-state index < -0.39 is 0 Å². The van der Waals surface area contributed by atoms with Gasteiger partial charge in [0.2, 0.25) is 0 Å². The highest BCUT2D eigenvalue weighted by atomic mass is 32.1. The Morgan fingerprint density at radius 3 is 2.96 bits per heavy atom. The predicted octanol–water partition coefficient (Wildman–Crippen LogP) is 0.950. The van der Waals surface area contributed by atoms with Crippen LogP contribution >= 0.6 is 11.3 Å². The van der Waals surface area contributed by atoms with Crippen molar-refractivity contribution in [3.8, 4) is 0 Å². The second-order valence-corrected chi connectivity index (χ2v) is 7.70. The molecule has 1 fully saturated rings. The Labute approximate surface area is 148 Å². The quantitative estimate of drug-likeness (QED) is 0.703. The molecule has 9 heteroatoms. The maximum atomic E-state index is 12.1. The zero-order chi connectivity index (χ0) is 17.6. The summed E-state index contributed by atoms with van der Waals surface area (Å²) in [7, 11) is 3.98. The van der Waals surface area contributed by atoms with Gasteiger partial charge in [0.25, 0.3) is 5.56 Å². The molecule has 1 aliphatic rings. The van der Waals surface area contributed by atoms with Crippen molar-refractivity contribution in [3.05, 3.63) is 39.3 Å².